The Morgan fingerprint density at radius 3 is 2.81 bits per heavy atom. The molecule has 1 saturated carbocycles. The highest BCUT2D eigenvalue weighted by atomic mass is 14.3. The van der Waals surface area contributed by atoms with E-state index >= 15 is 0 Å². The number of hydrogen-bond acceptors (Lipinski definition) is 0. The first-order valence-corrected chi connectivity index (χ1v) is 6.92. The molecule has 0 heterocycles. The van der Waals surface area contributed by atoms with E-state index in [9.17, 15) is 0 Å². The zero-order valence-electron chi connectivity index (χ0n) is 10.7. The first kappa shape index (κ1) is 11.7. The summed E-state index contributed by atoms with van der Waals surface area (Å²) in [4.78, 5) is 0. The van der Waals surface area contributed by atoms with E-state index in [2.05, 4.69) is 38.1 Å². The summed E-state index contributed by atoms with van der Waals surface area (Å²) < 4.78 is 0. The lowest BCUT2D eigenvalue weighted by Gasteiger charge is -2.29. The van der Waals surface area contributed by atoms with Crippen molar-refractivity contribution in [2.24, 2.45) is 5.92 Å². The maximum atomic E-state index is 2.43. The Morgan fingerprint density at radius 2 is 2.06 bits per heavy atom. The maximum Gasteiger partial charge on any atom is -0.0159 e. The van der Waals surface area contributed by atoms with Crippen LogP contribution in [0.2, 0.25) is 0 Å². The van der Waals surface area contributed by atoms with Gasteiger partial charge in [0.1, 0.15) is 0 Å². The Hall–Kier alpha value is -0.780. The van der Waals surface area contributed by atoms with Gasteiger partial charge >= 0.3 is 0 Å². The fraction of sp³-hybridized carbons (Fsp3) is 0.625. The maximum absolute atomic E-state index is 2.43. The van der Waals surface area contributed by atoms with Gasteiger partial charge in [0.05, 0.1) is 0 Å². The predicted octanol–water partition coefficient (Wildman–Crippen LogP) is 4.93. The number of rotatable bonds is 3. The van der Waals surface area contributed by atoms with Crippen molar-refractivity contribution in [3.8, 4) is 0 Å². The second-order valence-electron chi connectivity index (χ2n) is 5.24. The molecule has 0 heteroatoms. The highest BCUT2D eigenvalue weighted by Crippen LogP contribution is 2.37. The van der Waals surface area contributed by atoms with Crippen LogP contribution in [0, 0.1) is 5.92 Å². The predicted molar refractivity (Wildman–Crippen MR) is 70.8 cm³/mol. The molecule has 0 bridgehead atoms. The van der Waals surface area contributed by atoms with Crippen molar-refractivity contribution in [1.29, 1.82) is 0 Å². The van der Waals surface area contributed by atoms with Crippen LogP contribution in [0.1, 0.15) is 63.0 Å². The van der Waals surface area contributed by atoms with Crippen molar-refractivity contribution in [3.05, 3.63) is 35.4 Å². The van der Waals surface area contributed by atoms with Crippen molar-refractivity contribution >= 4 is 0 Å². The molecular formula is C16H24. The third-order valence-electron chi connectivity index (χ3n) is 4.19. The van der Waals surface area contributed by atoms with E-state index in [0.29, 0.717) is 0 Å². The van der Waals surface area contributed by atoms with E-state index in [-0.39, 0.29) is 0 Å². The largest absolute Gasteiger partial charge is 0.0651 e. The Morgan fingerprint density at radius 1 is 1.19 bits per heavy atom. The van der Waals surface area contributed by atoms with Crippen molar-refractivity contribution in [2.75, 3.05) is 0 Å². The van der Waals surface area contributed by atoms with E-state index in [1.807, 2.05) is 0 Å². The molecule has 0 spiro atoms. The fourth-order valence-corrected chi connectivity index (χ4v) is 3.03. The van der Waals surface area contributed by atoms with Gasteiger partial charge in [0, 0.05) is 0 Å². The summed E-state index contributed by atoms with van der Waals surface area (Å²) >= 11 is 0. The van der Waals surface area contributed by atoms with Crippen LogP contribution in [-0.4, -0.2) is 0 Å². The van der Waals surface area contributed by atoms with E-state index in [4.69, 9.17) is 0 Å². The van der Waals surface area contributed by atoms with Gasteiger partial charge in [-0.05, 0) is 42.2 Å². The molecule has 1 aromatic carbocycles. The summed E-state index contributed by atoms with van der Waals surface area (Å²) in [6.07, 6.45) is 8.25. The normalized spacial score (nSPS) is 25.6. The standard InChI is InChI=1S/C16H24/c1-3-13-7-5-9-15(11-13)16-10-6-8-14(4-2)12-16/h5,7,9,11,14,16H,3-4,6,8,10,12H2,1-2H3. The first-order valence-electron chi connectivity index (χ1n) is 6.92. The Bertz CT molecular complexity index is 327. The van der Waals surface area contributed by atoms with Gasteiger partial charge in [-0.15, -0.1) is 0 Å². The van der Waals surface area contributed by atoms with Gasteiger partial charge in [0.15, 0.2) is 0 Å². The van der Waals surface area contributed by atoms with Gasteiger partial charge in [0.2, 0.25) is 0 Å². The fourth-order valence-electron chi connectivity index (χ4n) is 3.03. The van der Waals surface area contributed by atoms with Crippen LogP contribution in [0.15, 0.2) is 24.3 Å². The van der Waals surface area contributed by atoms with Gasteiger partial charge in [-0.25, -0.2) is 0 Å². The second-order valence-corrected chi connectivity index (χ2v) is 5.24. The molecule has 1 fully saturated rings. The lowest BCUT2D eigenvalue weighted by molar-refractivity contribution is 0.314. The molecule has 88 valence electrons. The molecule has 0 radical (unpaired) electrons. The van der Waals surface area contributed by atoms with Crippen molar-refractivity contribution < 1.29 is 0 Å². The van der Waals surface area contributed by atoms with Gasteiger partial charge in [-0.2, -0.15) is 0 Å². The van der Waals surface area contributed by atoms with Crippen molar-refractivity contribution in [3.63, 3.8) is 0 Å². The molecule has 1 aromatic rings. The summed E-state index contributed by atoms with van der Waals surface area (Å²) in [5.74, 6) is 1.81. The summed E-state index contributed by atoms with van der Waals surface area (Å²) in [6, 6.07) is 9.26. The van der Waals surface area contributed by atoms with E-state index in [0.717, 1.165) is 18.3 Å². The Kier molecular flexibility index (Phi) is 4.04. The van der Waals surface area contributed by atoms with E-state index in [1.54, 1.807) is 5.56 Å². The molecule has 16 heavy (non-hydrogen) atoms. The molecule has 0 nitrogen and oxygen atoms in total. The first-order chi connectivity index (χ1) is 7.83. The lowest BCUT2D eigenvalue weighted by atomic mass is 9.77. The minimum atomic E-state index is 0.838. The topological polar surface area (TPSA) is 0 Å². The monoisotopic (exact) mass is 216 g/mol. The Balaban J connectivity index is 2.10. The van der Waals surface area contributed by atoms with Crippen molar-refractivity contribution in [2.45, 2.75) is 58.3 Å². The molecule has 1 aliphatic carbocycles. The average molecular weight is 216 g/mol. The minimum Gasteiger partial charge on any atom is -0.0651 e. The molecule has 0 aliphatic heterocycles. The van der Waals surface area contributed by atoms with Crippen LogP contribution >= 0.6 is 0 Å². The smallest absolute Gasteiger partial charge is 0.0159 e. The minimum absolute atomic E-state index is 0.838. The molecule has 0 amide bonds. The van der Waals surface area contributed by atoms with Crippen molar-refractivity contribution in [1.82, 2.24) is 0 Å². The van der Waals surface area contributed by atoms with Crippen LogP contribution in [-0.2, 0) is 6.42 Å². The third kappa shape index (κ3) is 2.66. The van der Waals surface area contributed by atoms with Gasteiger partial charge in [-0.3, -0.25) is 0 Å². The average Bonchev–Trinajstić information content (AvgIpc) is 2.39. The van der Waals surface area contributed by atoms with Gasteiger partial charge in [-0.1, -0.05) is 57.4 Å². The van der Waals surface area contributed by atoms with Crippen LogP contribution in [0.5, 0.6) is 0 Å². The number of aryl methyl sites for hydroxylation is 1. The summed E-state index contributed by atoms with van der Waals surface area (Å²) in [7, 11) is 0. The molecule has 1 aliphatic rings. The molecule has 2 unspecified atom stereocenters. The molecule has 2 atom stereocenters. The molecule has 0 saturated heterocycles. The van der Waals surface area contributed by atoms with Gasteiger partial charge < -0.3 is 0 Å². The van der Waals surface area contributed by atoms with Crippen LogP contribution in [0.3, 0.4) is 0 Å². The molecule has 0 aromatic heterocycles. The zero-order valence-corrected chi connectivity index (χ0v) is 10.7. The van der Waals surface area contributed by atoms with Crippen LogP contribution < -0.4 is 0 Å². The second kappa shape index (κ2) is 5.52. The van der Waals surface area contributed by atoms with E-state index < -0.39 is 0 Å². The SMILES string of the molecule is CCc1cccc(C2CCCC(CC)C2)c1. The Labute approximate surface area is 100 Å². The summed E-state index contributed by atoms with van der Waals surface area (Å²) in [5, 5.41) is 0. The highest BCUT2D eigenvalue weighted by Gasteiger charge is 2.21. The number of benzene rings is 1. The van der Waals surface area contributed by atoms with Crippen LogP contribution in [0.25, 0.3) is 0 Å². The number of hydrogen-bond donors (Lipinski definition) is 0. The van der Waals surface area contributed by atoms with Gasteiger partial charge in [0.25, 0.3) is 0 Å². The lowest BCUT2D eigenvalue weighted by Crippen LogP contribution is -2.13. The molecule has 2 rings (SSSR count). The highest BCUT2D eigenvalue weighted by molar-refractivity contribution is 5.26. The summed E-state index contributed by atoms with van der Waals surface area (Å²) in [5.41, 5.74) is 3.09. The quantitative estimate of drug-likeness (QED) is 0.672. The van der Waals surface area contributed by atoms with Crippen LogP contribution in [0.4, 0.5) is 0 Å². The summed E-state index contributed by atoms with van der Waals surface area (Å²) in [6.45, 7) is 4.59. The molecule has 0 N–H and O–H groups in total. The zero-order chi connectivity index (χ0) is 11.4. The third-order valence-corrected chi connectivity index (χ3v) is 4.19. The van der Waals surface area contributed by atoms with E-state index in [1.165, 1.54) is 37.7 Å². The molecular weight excluding hydrogens is 192 g/mol.